The van der Waals surface area contributed by atoms with Gasteiger partial charge in [-0.25, -0.2) is 0 Å². The van der Waals surface area contributed by atoms with Crippen LogP contribution in [0.1, 0.15) is 18.4 Å². The van der Waals surface area contributed by atoms with Crippen LogP contribution < -0.4 is 10.5 Å². The first kappa shape index (κ1) is 12.9. The van der Waals surface area contributed by atoms with Crippen LogP contribution in [0.2, 0.25) is 0 Å². The van der Waals surface area contributed by atoms with Crippen molar-refractivity contribution in [2.75, 3.05) is 20.2 Å². The van der Waals surface area contributed by atoms with Crippen molar-refractivity contribution in [1.82, 2.24) is 4.90 Å². The SMILES string of the molecule is COc1cccc(CN2CCCC(C(=N)N)C2)c1. The Bertz CT molecular complexity index is 419. The molecule has 3 N–H and O–H groups in total. The molecule has 1 fully saturated rings. The predicted octanol–water partition coefficient (Wildman–Crippen LogP) is 1.84. The Kier molecular flexibility index (Phi) is 4.20. The highest BCUT2D eigenvalue weighted by Gasteiger charge is 2.21. The van der Waals surface area contributed by atoms with Gasteiger partial charge in [-0.2, -0.15) is 0 Å². The molecule has 1 saturated heterocycles. The minimum absolute atomic E-state index is 0.226. The van der Waals surface area contributed by atoms with Gasteiger partial charge >= 0.3 is 0 Å². The van der Waals surface area contributed by atoms with Crippen LogP contribution in [-0.4, -0.2) is 30.9 Å². The van der Waals surface area contributed by atoms with Crippen molar-refractivity contribution in [2.24, 2.45) is 11.7 Å². The first-order valence-corrected chi connectivity index (χ1v) is 6.38. The highest BCUT2D eigenvalue weighted by Crippen LogP contribution is 2.20. The molecule has 1 aromatic carbocycles. The Morgan fingerprint density at radius 3 is 3.11 bits per heavy atom. The monoisotopic (exact) mass is 247 g/mol. The summed E-state index contributed by atoms with van der Waals surface area (Å²) in [6.07, 6.45) is 2.16. The molecule has 2 rings (SSSR count). The third-order valence-corrected chi connectivity index (χ3v) is 3.49. The molecule has 0 spiro atoms. The number of likely N-dealkylation sites (tertiary alicyclic amines) is 1. The number of rotatable bonds is 4. The van der Waals surface area contributed by atoms with Crippen LogP contribution in [0.15, 0.2) is 24.3 Å². The van der Waals surface area contributed by atoms with Crippen LogP contribution in [0, 0.1) is 11.3 Å². The second-order valence-electron chi connectivity index (χ2n) is 4.88. The fraction of sp³-hybridized carbons (Fsp3) is 0.500. The Labute approximate surface area is 108 Å². The Morgan fingerprint density at radius 2 is 2.39 bits per heavy atom. The zero-order valence-corrected chi connectivity index (χ0v) is 10.9. The minimum atomic E-state index is 0.226. The van der Waals surface area contributed by atoms with E-state index in [-0.39, 0.29) is 5.92 Å². The maximum Gasteiger partial charge on any atom is 0.119 e. The molecule has 1 heterocycles. The lowest BCUT2D eigenvalue weighted by Crippen LogP contribution is -2.40. The fourth-order valence-corrected chi connectivity index (χ4v) is 2.48. The summed E-state index contributed by atoms with van der Waals surface area (Å²) in [4.78, 5) is 2.37. The summed E-state index contributed by atoms with van der Waals surface area (Å²) in [5.74, 6) is 1.45. The maximum atomic E-state index is 7.55. The second kappa shape index (κ2) is 5.87. The number of methoxy groups -OCH3 is 1. The summed E-state index contributed by atoms with van der Waals surface area (Å²) in [6, 6.07) is 8.15. The van der Waals surface area contributed by atoms with Crippen LogP contribution in [0.3, 0.4) is 0 Å². The second-order valence-corrected chi connectivity index (χ2v) is 4.88. The molecule has 4 nitrogen and oxygen atoms in total. The topological polar surface area (TPSA) is 62.3 Å². The third-order valence-electron chi connectivity index (χ3n) is 3.49. The quantitative estimate of drug-likeness (QED) is 0.630. The zero-order chi connectivity index (χ0) is 13.0. The minimum Gasteiger partial charge on any atom is -0.497 e. The van der Waals surface area contributed by atoms with Crippen molar-refractivity contribution in [2.45, 2.75) is 19.4 Å². The summed E-state index contributed by atoms with van der Waals surface area (Å²) >= 11 is 0. The van der Waals surface area contributed by atoms with Crippen LogP contribution in [0.25, 0.3) is 0 Å². The van der Waals surface area contributed by atoms with Gasteiger partial charge in [0.05, 0.1) is 12.9 Å². The summed E-state index contributed by atoms with van der Waals surface area (Å²) in [5, 5.41) is 7.55. The van der Waals surface area contributed by atoms with Gasteiger partial charge < -0.3 is 10.5 Å². The van der Waals surface area contributed by atoms with Crippen molar-refractivity contribution < 1.29 is 4.74 Å². The van der Waals surface area contributed by atoms with Gasteiger partial charge in [-0.1, -0.05) is 12.1 Å². The molecule has 1 atom stereocenters. The normalized spacial score (nSPS) is 20.6. The number of nitrogens with zero attached hydrogens (tertiary/aromatic N) is 1. The molecule has 0 radical (unpaired) electrons. The molecule has 98 valence electrons. The van der Waals surface area contributed by atoms with E-state index in [9.17, 15) is 0 Å². The zero-order valence-electron chi connectivity index (χ0n) is 10.9. The number of piperidine rings is 1. The van der Waals surface area contributed by atoms with Gasteiger partial charge in [-0.3, -0.25) is 10.3 Å². The van der Waals surface area contributed by atoms with Crippen molar-refractivity contribution >= 4 is 5.84 Å². The van der Waals surface area contributed by atoms with E-state index in [4.69, 9.17) is 15.9 Å². The average molecular weight is 247 g/mol. The molecule has 0 aliphatic carbocycles. The molecule has 1 aromatic rings. The number of hydrogen-bond donors (Lipinski definition) is 2. The maximum absolute atomic E-state index is 7.55. The lowest BCUT2D eigenvalue weighted by Gasteiger charge is -2.32. The van der Waals surface area contributed by atoms with E-state index in [0.29, 0.717) is 5.84 Å². The number of ether oxygens (including phenoxy) is 1. The molecule has 4 heteroatoms. The summed E-state index contributed by atoms with van der Waals surface area (Å²) in [7, 11) is 1.69. The van der Waals surface area contributed by atoms with Gasteiger partial charge in [-0.05, 0) is 37.1 Å². The van der Waals surface area contributed by atoms with E-state index in [2.05, 4.69) is 17.0 Å². The standard InChI is InChI=1S/C14H21N3O/c1-18-13-6-2-4-11(8-13)9-17-7-3-5-12(10-17)14(15)16/h2,4,6,8,12H,3,5,7,9-10H2,1H3,(H3,15,16). The third kappa shape index (κ3) is 3.23. The van der Waals surface area contributed by atoms with E-state index in [1.165, 1.54) is 5.56 Å². The van der Waals surface area contributed by atoms with E-state index < -0.39 is 0 Å². The van der Waals surface area contributed by atoms with Gasteiger partial charge in [-0.15, -0.1) is 0 Å². The first-order chi connectivity index (χ1) is 8.69. The summed E-state index contributed by atoms with van der Waals surface area (Å²) < 4.78 is 5.23. The number of amidine groups is 1. The molecular weight excluding hydrogens is 226 g/mol. The number of nitrogens with two attached hydrogens (primary N) is 1. The molecule has 0 bridgehead atoms. The van der Waals surface area contributed by atoms with Crippen molar-refractivity contribution in [3.05, 3.63) is 29.8 Å². The number of nitrogens with one attached hydrogen (secondary N) is 1. The number of hydrogen-bond acceptors (Lipinski definition) is 3. The van der Waals surface area contributed by atoms with Gasteiger partial charge in [0.15, 0.2) is 0 Å². The molecule has 0 saturated carbocycles. The average Bonchev–Trinajstić information content (AvgIpc) is 2.39. The van der Waals surface area contributed by atoms with E-state index in [1.807, 2.05) is 12.1 Å². The van der Waals surface area contributed by atoms with Crippen molar-refractivity contribution in [3.63, 3.8) is 0 Å². The highest BCUT2D eigenvalue weighted by atomic mass is 16.5. The smallest absolute Gasteiger partial charge is 0.119 e. The van der Waals surface area contributed by atoms with E-state index in [0.717, 1.165) is 38.2 Å². The fourth-order valence-electron chi connectivity index (χ4n) is 2.48. The lowest BCUT2D eigenvalue weighted by atomic mass is 9.96. The van der Waals surface area contributed by atoms with E-state index in [1.54, 1.807) is 7.11 Å². The van der Waals surface area contributed by atoms with Gasteiger partial charge in [0.1, 0.15) is 5.75 Å². The van der Waals surface area contributed by atoms with Crippen molar-refractivity contribution in [1.29, 1.82) is 5.41 Å². The molecule has 1 aliphatic heterocycles. The summed E-state index contributed by atoms with van der Waals surface area (Å²) in [5.41, 5.74) is 6.85. The van der Waals surface area contributed by atoms with Gasteiger partial charge in [0, 0.05) is 19.0 Å². The predicted molar refractivity (Wildman–Crippen MR) is 72.9 cm³/mol. The van der Waals surface area contributed by atoms with E-state index >= 15 is 0 Å². The number of benzene rings is 1. The Morgan fingerprint density at radius 1 is 1.56 bits per heavy atom. The lowest BCUT2D eigenvalue weighted by molar-refractivity contribution is 0.195. The largest absolute Gasteiger partial charge is 0.497 e. The van der Waals surface area contributed by atoms with Crippen LogP contribution >= 0.6 is 0 Å². The highest BCUT2D eigenvalue weighted by molar-refractivity contribution is 5.79. The molecule has 0 amide bonds. The Hall–Kier alpha value is -1.55. The van der Waals surface area contributed by atoms with Gasteiger partial charge in [0.2, 0.25) is 0 Å². The summed E-state index contributed by atoms with van der Waals surface area (Å²) in [6.45, 7) is 2.88. The van der Waals surface area contributed by atoms with Crippen molar-refractivity contribution in [3.8, 4) is 5.75 Å². The first-order valence-electron chi connectivity index (χ1n) is 6.38. The molecule has 1 unspecified atom stereocenters. The molecule has 18 heavy (non-hydrogen) atoms. The van der Waals surface area contributed by atoms with Crippen LogP contribution in [0.5, 0.6) is 5.75 Å². The molecular formula is C14H21N3O. The Balaban J connectivity index is 1.97. The van der Waals surface area contributed by atoms with Gasteiger partial charge in [0.25, 0.3) is 0 Å². The van der Waals surface area contributed by atoms with Crippen LogP contribution in [0.4, 0.5) is 0 Å². The molecule has 0 aromatic heterocycles. The molecule has 1 aliphatic rings. The van der Waals surface area contributed by atoms with Crippen LogP contribution in [-0.2, 0) is 6.54 Å².